The minimum atomic E-state index is -4.48. The summed E-state index contributed by atoms with van der Waals surface area (Å²) >= 11 is 0. The lowest BCUT2D eigenvalue weighted by molar-refractivity contribution is -0.137. The lowest BCUT2D eigenvalue weighted by Crippen LogP contribution is -2.32. The van der Waals surface area contributed by atoms with Gasteiger partial charge in [-0.15, -0.1) is 0 Å². The van der Waals surface area contributed by atoms with Crippen LogP contribution in [0.1, 0.15) is 5.56 Å². The number of carbonyl (C=O) groups is 1. The van der Waals surface area contributed by atoms with E-state index in [2.05, 4.69) is 4.98 Å². The fourth-order valence-corrected chi connectivity index (χ4v) is 1.38. The van der Waals surface area contributed by atoms with Gasteiger partial charge in [0.2, 0.25) is 12.3 Å². The average molecular weight is 232 g/mol. The number of alkyl halides is 3. The Bertz CT molecular complexity index is 420. The Kier molecular flexibility index (Phi) is 2.45. The molecule has 16 heavy (non-hydrogen) atoms. The molecule has 1 amide bonds. The average Bonchev–Trinajstić information content (AvgIpc) is 2.26. The molecule has 0 aliphatic carbocycles. The van der Waals surface area contributed by atoms with Gasteiger partial charge >= 0.3 is 6.18 Å². The third kappa shape index (κ3) is 1.80. The minimum Gasteiger partial charge on any atom is -0.474 e. The maximum atomic E-state index is 12.4. The molecule has 0 N–H and O–H groups in total. The van der Waals surface area contributed by atoms with E-state index in [1.54, 1.807) is 0 Å². The predicted molar refractivity (Wildman–Crippen MR) is 48.1 cm³/mol. The SMILES string of the molecule is O=CN1CCOc2ncc(C(F)(F)F)cc21. The minimum absolute atomic E-state index is 0.0475. The van der Waals surface area contributed by atoms with Crippen LogP contribution in [0.15, 0.2) is 12.3 Å². The van der Waals surface area contributed by atoms with Crippen LogP contribution in [0.2, 0.25) is 0 Å². The van der Waals surface area contributed by atoms with Gasteiger partial charge in [-0.3, -0.25) is 4.79 Å². The van der Waals surface area contributed by atoms with Crippen molar-refractivity contribution in [2.75, 3.05) is 18.1 Å². The molecule has 0 fully saturated rings. The molecule has 0 saturated heterocycles. The van der Waals surface area contributed by atoms with Crippen molar-refractivity contribution in [3.05, 3.63) is 17.8 Å². The summed E-state index contributed by atoms with van der Waals surface area (Å²) < 4.78 is 42.2. The molecule has 1 aliphatic heterocycles. The molecule has 2 rings (SSSR count). The number of rotatable bonds is 1. The number of hydrogen-bond donors (Lipinski definition) is 0. The van der Waals surface area contributed by atoms with Crippen LogP contribution in [0.5, 0.6) is 5.88 Å². The second kappa shape index (κ2) is 3.66. The van der Waals surface area contributed by atoms with Gasteiger partial charge in [0.05, 0.1) is 12.1 Å². The van der Waals surface area contributed by atoms with Crippen LogP contribution in [0.3, 0.4) is 0 Å². The number of hydrogen-bond acceptors (Lipinski definition) is 3. The van der Waals surface area contributed by atoms with E-state index >= 15 is 0 Å². The molecule has 2 heterocycles. The standard InChI is InChI=1S/C9H7F3N2O2/c10-9(11,12)6-3-7-8(13-4-6)16-2-1-14(7)5-15/h3-5H,1-2H2. The van der Waals surface area contributed by atoms with Gasteiger partial charge in [0.1, 0.15) is 12.3 Å². The van der Waals surface area contributed by atoms with Crippen LogP contribution in [0, 0.1) is 0 Å². The number of carbonyl (C=O) groups excluding carboxylic acids is 1. The van der Waals surface area contributed by atoms with Gasteiger partial charge in [0, 0.05) is 6.20 Å². The van der Waals surface area contributed by atoms with Crippen LogP contribution < -0.4 is 9.64 Å². The second-order valence-electron chi connectivity index (χ2n) is 3.19. The first-order valence-corrected chi connectivity index (χ1v) is 4.44. The first kappa shape index (κ1) is 10.7. The van der Waals surface area contributed by atoms with Crippen molar-refractivity contribution < 1.29 is 22.7 Å². The smallest absolute Gasteiger partial charge is 0.417 e. The quantitative estimate of drug-likeness (QED) is 0.688. The maximum absolute atomic E-state index is 12.4. The molecule has 0 radical (unpaired) electrons. The van der Waals surface area contributed by atoms with Gasteiger partial charge in [0.15, 0.2) is 0 Å². The summed E-state index contributed by atoms with van der Waals surface area (Å²) in [5.41, 5.74) is -0.848. The van der Waals surface area contributed by atoms with Gasteiger partial charge in [-0.05, 0) is 6.07 Å². The summed E-state index contributed by atoms with van der Waals surface area (Å²) in [4.78, 5) is 15.3. The summed E-state index contributed by atoms with van der Waals surface area (Å²) in [6.07, 6.45) is -3.33. The Morgan fingerprint density at radius 3 is 2.88 bits per heavy atom. The monoisotopic (exact) mass is 232 g/mol. The molecule has 7 heteroatoms. The number of nitrogens with zero attached hydrogens (tertiary/aromatic N) is 2. The van der Waals surface area contributed by atoms with Crippen molar-refractivity contribution in [3.63, 3.8) is 0 Å². The number of fused-ring (bicyclic) bond motifs is 1. The first-order chi connectivity index (χ1) is 7.52. The molecule has 0 saturated carbocycles. The van der Waals surface area contributed by atoms with Crippen molar-refractivity contribution in [3.8, 4) is 5.88 Å². The van der Waals surface area contributed by atoms with E-state index in [1.165, 1.54) is 0 Å². The molecule has 0 atom stereocenters. The van der Waals surface area contributed by atoms with Gasteiger partial charge in [-0.1, -0.05) is 0 Å². The van der Waals surface area contributed by atoms with E-state index < -0.39 is 11.7 Å². The number of anilines is 1. The Morgan fingerprint density at radius 1 is 1.50 bits per heavy atom. The van der Waals surface area contributed by atoms with Crippen molar-refractivity contribution in [1.82, 2.24) is 4.98 Å². The van der Waals surface area contributed by atoms with Gasteiger partial charge in [-0.25, -0.2) is 4.98 Å². The molecule has 1 aromatic heterocycles. The zero-order chi connectivity index (χ0) is 11.8. The molecule has 4 nitrogen and oxygen atoms in total. The molecule has 86 valence electrons. The Balaban J connectivity index is 2.46. The third-order valence-corrected chi connectivity index (χ3v) is 2.17. The zero-order valence-corrected chi connectivity index (χ0v) is 7.99. The van der Waals surface area contributed by atoms with E-state index in [9.17, 15) is 18.0 Å². The van der Waals surface area contributed by atoms with E-state index in [-0.39, 0.29) is 24.7 Å². The lowest BCUT2D eigenvalue weighted by Gasteiger charge is -2.25. The highest BCUT2D eigenvalue weighted by atomic mass is 19.4. The van der Waals surface area contributed by atoms with E-state index in [4.69, 9.17) is 4.74 Å². The molecule has 1 aromatic rings. The van der Waals surface area contributed by atoms with Crippen molar-refractivity contribution in [1.29, 1.82) is 0 Å². The van der Waals surface area contributed by atoms with Crippen LogP contribution in [0.25, 0.3) is 0 Å². The lowest BCUT2D eigenvalue weighted by atomic mass is 10.2. The summed E-state index contributed by atoms with van der Waals surface area (Å²) in [7, 11) is 0. The molecular weight excluding hydrogens is 225 g/mol. The summed E-state index contributed by atoms with van der Waals surface area (Å²) in [6, 6.07) is 0.857. The van der Waals surface area contributed by atoms with E-state index in [0.29, 0.717) is 12.6 Å². The second-order valence-corrected chi connectivity index (χ2v) is 3.19. The van der Waals surface area contributed by atoms with E-state index in [1.807, 2.05) is 0 Å². The predicted octanol–water partition coefficient (Wildman–Crippen LogP) is 1.46. The molecule has 0 spiro atoms. The zero-order valence-electron chi connectivity index (χ0n) is 7.99. The highest BCUT2D eigenvalue weighted by Gasteiger charge is 2.33. The molecular formula is C9H7F3N2O2. The van der Waals surface area contributed by atoms with E-state index in [0.717, 1.165) is 11.0 Å². The van der Waals surface area contributed by atoms with Gasteiger partial charge in [0.25, 0.3) is 0 Å². The number of ether oxygens (including phenoxy) is 1. The van der Waals surface area contributed by atoms with Crippen molar-refractivity contribution >= 4 is 12.1 Å². The number of aromatic nitrogens is 1. The number of pyridine rings is 1. The number of amides is 1. The largest absolute Gasteiger partial charge is 0.474 e. The normalized spacial score (nSPS) is 15.3. The maximum Gasteiger partial charge on any atom is 0.417 e. The highest BCUT2D eigenvalue weighted by Crippen LogP contribution is 2.35. The van der Waals surface area contributed by atoms with Gasteiger partial charge in [-0.2, -0.15) is 13.2 Å². The first-order valence-electron chi connectivity index (χ1n) is 4.44. The third-order valence-electron chi connectivity index (χ3n) is 2.17. The summed E-state index contributed by atoms with van der Waals surface area (Å²) in [5, 5.41) is 0. The van der Waals surface area contributed by atoms with Crippen molar-refractivity contribution in [2.24, 2.45) is 0 Å². The van der Waals surface area contributed by atoms with Crippen LogP contribution in [-0.4, -0.2) is 24.5 Å². The topological polar surface area (TPSA) is 42.4 Å². The van der Waals surface area contributed by atoms with Gasteiger partial charge < -0.3 is 9.64 Å². The Morgan fingerprint density at radius 2 is 2.25 bits per heavy atom. The number of halogens is 3. The summed E-state index contributed by atoms with van der Waals surface area (Å²) in [5.74, 6) is 0.0475. The molecule has 0 aromatic carbocycles. The summed E-state index contributed by atoms with van der Waals surface area (Å²) in [6.45, 7) is 0.448. The fourth-order valence-electron chi connectivity index (χ4n) is 1.38. The van der Waals surface area contributed by atoms with Crippen LogP contribution in [0.4, 0.5) is 18.9 Å². The van der Waals surface area contributed by atoms with Crippen molar-refractivity contribution in [2.45, 2.75) is 6.18 Å². The van der Waals surface area contributed by atoms with Crippen LogP contribution >= 0.6 is 0 Å². The molecule has 1 aliphatic rings. The highest BCUT2D eigenvalue weighted by molar-refractivity contribution is 5.78. The molecule has 0 bridgehead atoms. The Hall–Kier alpha value is -1.79. The van der Waals surface area contributed by atoms with Crippen LogP contribution in [-0.2, 0) is 11.0 Å². The fraction of sp³-hybridized carbons (Fsp3) is 0.333. The molecule has 0 unspecified atom stereocenters. The Labute approximate surface area is 88.6 Å².